The van der Waals surface area contributed by atoms with Gasteiger partial charge in [0.1, 0.15) is 5.75 Å². The molecular weight excluding hydrogens is 624 g/mol. The molecule has 47 heavy (non-hydrogen) atoms. The Kier molecular flexibility index (Phi) is 10.0. The third kappa shape index (κ3) is 7.40. The molecule has 3 aromatic carbocycles. The van der Waals surface area contributed by atoms with E-state index in [0.29, 0.717) is 89.3 Å². The maximum Gasteiger partial charge on any atom is 0.262 e. The monoisotopic (exact) mass is 660 g/mol. The van der Waals surface area contributed by atoms with Gasteiger partial charge in [-0.2, -0.15) is 0 Å². The minimum Gasteiger partial charge on any atom is -0.495 e. The van der Waals surface area contributed by atoms with Crippen LogP contribution < -0.4 is 39.9 Å². The van der Waals surface area contributed by atoms with Crippen LogP contribution in [0.3, 0.4) is 0 Å². The topological polar surface area (TPSA) is 139 Å². The molecule has 4 aromatic rings. The van der Waals surface area contributed by atoms with Crippen LogP contribution in [0.1, 0.15) is 44.6 Å². The normalized spacial score (nSPS) is 13.4. The summed E-state index contributed by atoms with van der Waals surface area (Å²) >= 11 is 1.24. The zero-order chi connectivity index (χ0) is 32.8. The number of thioether (sulfide) groups is 1. The minimum atomic E-state index is -0.530. The van der Waals surface area contributed by atoms with Crippen molar-refractivity contribution in [3.05, 3.63) is 70.5 Å². The van der Waals surface area contributed by atoms with Crippen LogP contribution in [0.15, 0.2) is 64.5 Å². The summed E-state index contributed by atoms with van der Waals surface area (Å²) < 4.78 is 28.8. The Bertz CT molecular complexity index is 1850. The molecule has 0 saturated carbocycles. The summed E-state index contributed by atoms with van der Waals surface area (Å²) in [6, 6.07) is 16.2. The molecule has 1 aromatic heterocycles. The first-order valence-electron chi connectivity index (χ1n) is 15.5. The number of hydrogen-bond donors (Lipinski definition) is 2. The second-order valence-corrected chi connectivity index (χ2v) is 12.2. The highest BCUT2D eigenvalue weighted by Crippen LogP contribution is 2.36. The highest BCUT2D eigenvalue weighted by Gasteiger charge is 2.24. The fraction of sp³-hybridized carbons (Fsp3) is 0.353. The number of benzene rings is 3. The van der Waals surface area contributed by atoms with E-state index in [1.165, 1.54) is 11.8 Å². The van der Waals surface area contributed by atoms with E-state index in [9.17, 15) is 14.4 Å². The number of anilines is 1. The van der Waals surface area contributed by atoms with Gasteiger partial charge in [-0.25, -0.2) is 4.98 Å². The molecule has 2 N–H and O–H groups in total. The van der Waals surface area contributed by atoms with Crippen molar-refractivity contribution in [2.45, 2.75) is 62.5 Å². The Morgan fingerprint density at radius 3 is 2.49 bits per heavy atom. The molecular formula is C34H36N4O8S. The second-order valence-electron chi connectivity index (χ2n) is 11.1. The lowest BCUT2D eigenvalue weighted by molar-refractivity contribution is -0.121. The van der Waals surface area contributed by atoms with Crippen molar-refractivity contribution in [1.29, 1.82) is 0 Å². The standard InChI is InChI=1S/C34H36N4O8S/c1-3-30(32(40)36-23-9-6-7-10-25(23)42-2)47-34-37-24-17-29-28(45-20-46-29)16-22(24)33(41)38(34)14-8-4-5-11-31(39)35-18-21-12-13-26-27(15-21)44-19-43-26/h6-7,9-10,12-13,15-17,30H,3-5,8,11,14,18-20H2,1-2H3,(H,35,39)(H,36,40)/t30-/m0/s1. The molecule has 13 heteroatoms. The number of methoxy groups -OCH3 is 1. The molecule has 6 rings (SSSR count). The number of nitrogens with zero attached hydrogens (tertiary/aromatic N) is 2. The van der Waals surface area contributed by atoms with E-state index in [2.05, 4.69) is 10.6 Å². The predicted octanol–water partition coefficient (Wildman–Crippen LogP) is 5.25. The van der Waals surface area contributed by atoms with Gasteiger partial charge < -0.3 is 34.3 Å². The lowest BCUT2D eigenvalue weighted by atomic mass is 10.1. The second kappa shape index (κ2) is 14.7. The number of unbranched alkanes of at least 4 members (excludes halogenated alkanes) is 2. The summed E-state index contributed by atoms with van der Waals surface area (Å²) in [5, 5.41) is 6.22. The number of fused-ring (bicyclic) bond motifs is 3. The average Bonchev–Trinajstić information content (AvgIpc) is 3.75. The number of nitrogens with one attached hydrogen (secondary N) is 2. The first-order valence-corrected chi connectivity index (χ1v) is 16.4. The van der Waals surface area contributed by atoms with Gasteiger partial charge in [-0.1, -0.05) is 43.3 Å². The van der Waals surface area contributed by atoms with E-state index in [1.807, 2.05) is 37.3 Å². The van der Waals surface area contributed by atoms with Crippen LogP contribution >= 0.6 is 11.8 Å². The largest absolute Gasteiger partial charge is 0.495 e. The highest BCUT2D eigenvalue weighted by molar-refractivity contribution is 8.00. The first kappa shape index (κ1) is 32.0. The molecule has 246 valence electrons. The number of hydrogen-bond acceptors (Lipinski definition) is 10. The summed E-state index contributed by atoms with van der Waals surface area (Å²) in [6.45, 7) is 2.97. The van der Waals surface area contributed by atoms with E-state index in [-0.39, 0.29) is 31.0 Å². The van der Waals surface area contributed by atoms with Gasteiger partial charge in [0.05, 0.1) is 29.0 Å². The maximum atomic E-state index is 13.8. The fourth-order valence-corrected chi connectivity index (χ4v) is 6.40. The van der Waals surface area contributed by atoms with Crippen LogP contribution in [0.5, 0.6) is 28.7 Å². The summed E-state index contributed by atoms with van der Waals surface area (Å²) in [4.78, 5) is 44.6. The van der Waals surface area contributed by atoms with Crippen molar-refractivity contribution in [3.63, 3.8) is 0 Å². The van der Waals surface area contributed by atoms with E-state index < -0.39 is 5.25 Å². The third-order valence-corrected chi connectivity index (χ3v) is 9.26. The van der Waals surface area contributed by atoms with Crippen molar-refractivity contribution in [2.24, 2.45) is 0 Å². The average molecular weight is 661 g/mol. The molecule has 0 fully saturated rings. The van der Waals surface area contributed by atoms with Crippen molar-refractivity contribution in [3.8, 4) is 28.7 Å². The third-order valence-electron chi connectivity index (χ3n) is 7.90. The van der Waals surface area contributed by atoms with Crippen molar-refractivity contribution < 1.29 is 33.3 Å². The van der Waals surface area contributed by atoms with Crippen LogP contribution in [0.4, 0.5) is 5.69 Å². The van der Waals surface area contributed by atoms with E-state index in [0.717, 1.165) is 12.0 Å². The molecule has 0 radical (unpaired) electrons. The van der Waals surface area contributed by atoms with Crippen LogP contribution in [0.2, 0.25) is 0 Å². The quantitative estimate of drug-likeness (QED) is 0.105. The Morgan fingerprint density at radius 1 is 0.957 bits per heavy atom. The molecule has 2 aliphatic heterocycles. The number of rotatable bonds is 14. The molecule has 0 aliphatic carbocycles. The molecule has 0 bridgehead atoms. The van der Waals surface area contributed by atoms with Gasteiger partial charge in [-0.05, 0) is 55.2 Å². The maximum absolute atomic E-state index is 13.8. The number of aromatic nitrogens is 2. The Morgan fingerprint density at radius 2 is 1.70 bits per heavy atom. The number of carbonyl (C=O) groups is 2. The summed E-state index contributed by atoms with van der Waals surface area (Å²) in [7, 11) is 1.55. The summed E-state index contributed by atoms with van der Waals surface area (Å²) in [5.41, 5.74) is 1.74. The summed E-state index contributed by atoms with van der Waals surface area (Å²) in [6.07, 6.45) is 2.88. The van der Waals surface area contributed by atoms with E-state index in [4.69, 9.17) is 28.7 Å². The number of para-hydroxylation sites is 2. The van der Waals surface area contributed by atoms with Gasteiger partial charge in [-0.3, -0.25) is 19.0 Å². The molecule has 0 saturated heterocycles. The highest BCUT2D eigenvalue weighted by atomic mass is 32.2. The molecule has 2 aliphatic rings. The van der Waals surface area contributed by atoms with Gasteiger partial charge in [0.25, 0.3) is 5.56 Å². The Labute approximate surface area is 275 Å². The first-order chi connectivity index (χ1) is 22.9. The Balaban J connectivity index is 1.11. The van der Waals surface area contributed by atoms with Crippen molar-refractivity contribution in [1.82, 2.24) is 14.9 Å². The molecule has 3 heterocycles. The van der Waals surface area contributed by atoms with Crippen molar-refractivity contribution in [2.75, 3.05) is 26.0 Å². The number of carbonyl (C=O) groups excluding carboxylic acids is 2. The van der Waals surface area contributed by atoms with Gasteiger partial charge in [0, 0.05) is 25.6 Å². The number of amides is 2. The smallest absolute Gasteiger partial charge is 0.262 e. The molecule has 12 nitrogen and oxygen atoms in total. The van der Waals surface area contributed by atoms with Gasteiger partial charge in [0.2, 0.25) is 25.4 Å². The molecule has 1 atom stereocenters. The Hall–Kier alpha value is -4.91. The predicted molar refractivity (Wildman–Crippen MR) is 177 cm³/mol. The van der Waals surface area contributed by atoms with Crippen LogP contribution in [0.25, 0.3) is 10.9 Å². The summed E-state index contributed by atoms with van der Waals surface area (Å²) in [5.74, 6) is 2.69. The molecule has 0 spiro atoms. The molecule has 2 amide bonds. The fourth-order valence-electron chi connectivity index (χ4n) is 5.36. The van der Waals surface area contributed by atoms with Crippen LogP contribution in [-0.2, 0) is 22.7 Å². The van der Waals surface area contributed by atoms with Crippen LogP contribution in [-0.4, -0.2) is 47.3 Å². The number of ether oxygens (including phenoxy) is 5. The lowest BCUT2D eigenvalue weighted by Crippen LogP contribution is -2.28. The van der Waals surface area contributed by atoms with Gasteiger partial charge in [0.15, 0.2) is 28.2 Å². The zero-order valence-electron chi connectivity index (χ0n) is 26.2. The zero-order valence-corrected chi connectivity index (χ0v) is 27.0. The minimum absolute atomic E-state index is 0.0497. The van der Waals surface area contributed by atoms with E-state index >= 15 is 0 Å². The molecule has 0 unspecified atom stereocenters. The van der Waals surface area contributed by atoms with Gasteiger partial charge in [-0.15, -0.1) is 0 Å². The van der Waals surface area contributed by atoms with E-state index in [1.54, 1.807) is 35.9 Å². The lowest BCUT2D eigenvalue weighted by Gasteiger charge is -2.19. The SMILES string of the molecule is CC[C@H](Sc1nc2cc3c(cc2c(=O)n1CCCCCC(=O)NCc1ccc2c(c1)OCO2)OCO3)C(=O)Nc1ccccc1OC. The van der Waals surface area contributed by atoms with Crippen LogP contribution in [0, 0.1) is 0 Å². The van der Waals surface area contributed by atoms with Crippen molar-refractivity contribution >= 4 is 40.2 Å². The van der Waals surface area contributed by atoms with Gasteiger partial charge >= 0.3 is 0 Å².